The van der Waals surface area contributed by atoms with E-state index in [1.807, 2.05) is 26.0 Å². The summed E-state index contributed by atoms with van der Waals surface area (Å²) in [5.41, 5.74) is 2.27. The van der Waals surface area contributed by atoms with E-state index >= 15 is 0 Å². The summed E-state index contributed by atoms with van der Waals surface area (Å²) in [6.45, 7) is 3.87. The molecule has 0 aliphatic rings. The molecule has 0 N–H and O–H groups in total. The molecular weight excluding hydrogens is 268 g/mol. The lowest BCUT2D eigenvalue weighted by atomic mass is 10.3. The number of hydrogen-bond acceptors (Lipinski definition) is 3. The Morgan fingerprint density at radius 2 is 2.12 bits per heavy atom. The van der Waals surface area contributed by atoms with Crippen molar-refractivity contribution in [3.8, 4) is 11.9 Å². The van der Waals surface area contributed by atoms with Crippen LogP contribution in [0.1, 0.15) is 17.1 Å². The van der Waals surface area contributed by atoms with Gasteiger partial charge in [-0.3, -0.25) is 0 Å². The van der Waals surface area contributed by atoms with Gasteiger partial charge in [-0.1, -0.05) is 6.07 Å². The maximum absolute atomic E-state index is 8.79. The third kappa shape index (κ3) is 1.72. The van der Waals surface area contributed by atoms with Crippen LogP contribution >= 0.6 is 15.9 Å². The van der Waals surface area contributed by atoms with Gasteiger partial charge in [-0.2, -0.15) is 10.4 Å². The van der Waals surface area contributed by atoms with Crippen LogP contribution in [-0.4, -0.2) is 14.8 Å². The van der Waals surface area contributed by atoms with Gasteiger partial charge in [0.1, 0.15) is 11.8 Å². The fraction of sp³-hybridized carbons (Fsp3) is 0.182. The minimum atomic E-state index is 0.390. The number of nitriles is 1. The van der Waals surface area contributed by atoms with E-state index in [0.717, 1.165) is 15.9 Å². The summed E-state index contributed by atoms with van der Waals surface area (Å²) >= 11 is 3.46. The van der Waals surface area contributed by atoms with Gasteiger partial charge in [0.15, 0.2) is 5.82 Å². The van der Waals surface area contributed by atoms with Crippen molar-refractivity contribution in [1.82, 2.24) is 14.8 Å². The standard InChI is InChI=1S/C11H9BrN4/c1-7-11(12)8(2)16(15-7)10-5-3-4-9(6-13)14-10/h3-5H,1-2H3. The number of halogens is 1. The first-order chi connectivity index (χ1) is 7.63. The largest absolute Gasteiger partial charge is 0.218 e. The summed E-state index contributed by atoms with van der Waals surface area (Å²) < 4.78 is 2.69. The molecule has 4 nitrogen and oxygen atoms in total. The van der Waals surface area contributed by atoms with Gasteiger partial charge in [-0.05, 0) is 41.9 Å². The zero-order chi connectivity index (χ0) is 11.7. The van der Waals surface area contributed by atoms with Crippen LogP contribution in [0.2, 0.25) is 0 Å². The fourth-order valence-corrected chi connectivity index (χ4v) is 1.70. The molecule has 80 valence electrons. The number of aromatic nitrogens is 3. The van der Waals surface area contributed by atoms with E-state index in [9.17, 15) is 0 Å². The quantitative estimate of drug-likeness (QED) is 0.804. The van der Waals surface area contributed by atoms with Gasteiger partial charge < -0.3 is 0 Å². The minimum Gasteiger partial charge on any atom is -0.218 e. The maximum Gasteiger partial charge on any atom is 0.155 e. The Labute approximate surface area is 102 Å². The topological polar surface area (TPSA) is 54.5 Å². The van der Waals surface area contributed by atoms with Crippen LogP contribution in [0.15, 0.2) is 22.7 Å². The number of nitrogens with zero attached hydrogens (tertiary/aromatic N) is 4. The summed E-state index contributed by atoms with van der Waals surface area (Å²) in [6.07, 6.45) is 0. The Hall–Kier alpha value is -1.67. The first kappa shape index (κ1) is 10.8. The second-order valence-electron chi connectivity index (χ2n) is 3.39. The van der Waals surface area contributed by atoms with E-state index < -0.39 is 0 Å². The fourth-order valence-electron chi connectivity index (χ4n) is 1.45. The molecule has 2 aromatic rings. The Morgan fingerprint density at radius 1 is 1.38 bits per heavy atom. The molecule has 0 spiro atoms. The minimum absolute atomic E-state index is 0.390. The van der Waals surface area contributed by atoms with Crippen molar-refractivity contribution in [2.45, 2.75) is 13.8 Å². The van der Waals surface area contributed by atoms with Crippen LogP contribution in [0.3, 0.4) is 0 Å². The predicted octanol–water partition coefficient (Wildman–Crippen LogP) is 2.52. The molecule has 0 aliphatic carbocycles. The average molecular weight is 277 g/mol. The van der Waals surface area contributed by atoms with Crippen LogP contribution < -0.4 is 0 Å². The van der Waals surface area contributed by atoms with Crippen LogP contribution in [0.4, 0.5) is 0 Å². The van der Waals surface area contributed by atoms with Crippen molar-refractivity contribution in [3.05, 3.63) is 39.8 Å². The predicted molar refractivity (Wildman–Crippen MR) is 63.2 cm³/mol. The number of pyridine rings is 1. The molecule has 0 amide bonds. The monoisotopic (exact) mass is 276 g/mol. The van der Waals surface area contributed by atoms with E-state index in [2.05, 4.69) is 26.0 Å². The van der Waals surface area contributed by atoms with Crippen molar-refractivity contribution in [2.24, 2.45) is 0 Å². The van der Waals surface area contributed by atoms with Gasteiger partial charge in [0, 0.05) is 0 Å². The normalized spacial score (nSPS) is 10.1. The molecule has 0 radical (unpaired) electrons. The van der Waals surface area contributed by atoms with Gasteiger partial charge in [0.2, 0.25) is 0 Å². The average Bonchev–Trinajstić information content (AvgIpc) is 2.57. The highest BCUT2D eigenvalue weighted by molar-refractivity contribution is 9.10. The molecule has 2 aromatic heterocycles. The van der Waals surface area contributed by atoms with Gasteiger partial charge in [0.05, 0.1) is 15.9 Å². The number of hydrogen-bond donors (Lipinski definition) is 0. The van der Waals surface area contributed by atoms with Gasteiger partial charge in [0.25, 0.3) is 0 Å². The van der Waals surface area contributed by atoms with Gasteiger partial charge in [-0.15, -0.1) is 0 Å². The van der Waals surface area contributed by atoms with E-state index in [1.165, 1.54) is 0 Å². The first-order valence-electron chi connectivity index (χ1n) is 4.72. The Morgan fingerprint density at radius 3 is 2.69 bits per heavy atom. The van der Waals surface area contributed by atoms with E-state index in [1.54, 1.807) is 16.8 Å². The second kappa shape index (κ2) is 4.06. The molecule has 0 fully saturated rings. The molecule has 0 aliphatic heterocycles. The van der Waals surface area contributed by atoms with Crippen molar-refractivity contribution >= 4 is 15.9 Å². The third-order valence-corrected chi connectivity index (χ3v) is 3.42. The van der Waals surface area contributed by atoms with Crippen molar-refractivity contribution in [3.63, 3.8) is 0 Å². The highest BCUT2D eigenvalue weighted by Gasteiger charge is 2.11. The third-order valence-electron chi connectivity index (χ3n) is 2.27. The Bertz CT molecular complexity index is 580. The molecule has 0 unspecified atom stereocenters. The van der Waals surface area contributed by atoms with Crippen molar-refractivity contribution < 1.29 is 0 Å². The molecule has 0 atom stereocenters. The highest BCUT2D eigenvalue weighted by atomic mass is 79.9. The molecule has 2 rings (SSSR count). The van der Waals surface area contributed by atoms with Crippen LogP contribution in [0.5, 0.6) is 0 Å². The molecule has 0 aromatic carbocycles. The Balaban J connectivity index is 2.59. The summed E-state index contributed by atoms with van der Waals surface area (Å²) in [5, 5.41) is 13.1. The number of aryl methyl sites for hydroxylation is 1. The van der Waals surface area contributed by atoms with Crippen LogP contribution in [0, 0.1) is 25.2 Å². The molecular formula is C11H9BrN4. The second-order valence-corrected chi connectivity index (χ2v) is 4.18. The summed E-state index contributed by atoms with van der Waals surface area (Å²) in [6, 6.07) is 7.31. The van der Waals surface area contributed by atoms with E-state index in [4.69, 9.17) is 5.26 Å². The SMILES string of the molecule is Cc1nn(-c2cccc(C#N)n2)c(C)c1Br. The van der Waals surface area contributed by atoms with Gasteiger partial charge in [-0.25, -0.2) is 9.67 Å². The lowest BCUT2D eigenvalue weighted by Crippen LogP contribution is -2.02. The van der Waals surface area contributed by atoms with Crippen molar-refractivity contribution in [1.29, 1.82) is 5.26 Å². The first-order valence-corrected chi connectivity index (χ1v) is 5.52. The summed E-state index contributed by atoms with van der Waals surface area (Å²) in [4.78, 5) is 4.20. The maximum atomic E-state index is 8.79. The molecule has 0 saturated heterocycles. The lowest BCUT2D eigenvalue weighted by molar-refractivity contribution is 0.804. The van der Waals surface area contributed by atoms with Crippen molar-refractivity contribution in [2.75, 3.05) is 0 Å². The molecule has 16 heavy (non-hydrogen) atoms. The highest BCUT2D eigenvalue weighted by Crippen LogP contribution is 2.22. The molecule has 0 bridgehead atoms. The summed E-state index contributed by atoms with van der Waals surface area (Å²) in [5.74, 6) is 0.658. The van der Waals surface area contributed by atoms with Gasteiger partial charge >= 0.3 is 0 Å². The molecule has 2 heterocycles. The zero-order valence-electron chi connectivity index (χ0n) is 8.90. The Kier molecular flexibility index (Phi) is 2.75. The summed E-state index contributed by atoms with van der Waals surface area (Å²) in [7, 11) is 0. The van der Waals surface area contributed by atoms with Crippen LogP contribution in [-0.2, 0) is 0 Å². The molecule has 5 heteroatoms. The number of rotatable bonds is 1. The molecule has 0 saturated carbocycles. The van der Waals surface area contributed by atoms with Crippen LogP contribution in [0.25, 0.3) is 5.82 Å². The lowest BCUT2D eigenvalue weighted by Gasteiger charge is -2.02. The van der Waals surface area contributed by atoms with E-state index in [0.29, 0.717) is 11.5 Å². The zero-order valence-corrected chi connectivity index (χ0v) is 10.5. The van der Waals surface area contributed by atoms with E-state index in [-0.39, 0.29) is 0 Å². The smallest absolute Gasteiger partial charge is 0.155 e.